The molecule has 0 aliphatic heterocycles. The molecule has 2 aromatic heterocycles. The molecule has 41 heavy (non-hydrogen) atoms. The summed E-state index contributed by atoms with van der Waals surface area (Å²) in [4.78, 5) is 20.4. The summed E-state index contributed by atoms with van der Waals surface area (Å²) in [5.41, 5.74) is 21.8. The molecule has 3 heteroatoms. The molecule has 0 bridgehead atoms. The van der Waals surface area contributed by atoms with E-state index < -0.39 is 0 Å². The molecule has 0 saturated heterocycles. The summed E-state index contributed by atoms with van der Waals surface area (Å²) in [5.74, 6) is 0.0451. The van der Waals surface area contributed by atoms with Gasteiger partial charge in [0.15, 0.2) is 5.78 Å². The lowest BCUT2D eigenvalue weighted by Gasteiger charge is -2.18. The Balaban J connectivity index is 0.000000344. The maximum atomic E-state index is 11.2. The third-order valence-electron chi connectivity index (χ3n) is 9.06. The number of hydrogen-bond acceptors (Lipinski definition) is 3. The number of aromatic nitrogens is 2. The molecule has 0 amide bonds. The van der Waals surface area contributed by atoms with E-state index in [2.05, 4.69) is 93.8 Å². The quantitative estimate of drug-likeness (QED) is 0.239. The Hall–Kier alpha value is -3.33. The van der Waals surface area contributed by atoms with Gasteiger partial charge in [0.25, 0.3) is 0 Å². The Morgan fingerprint density at radius 1 is 0.561 bits per heavy atom. The highest BCUT2D eigenvalue weighted by atomic mass is 16.1. The molecule has 0 fully saturated rings. The van der Waals surface area contributed by atoms with Crippen LogP contribution in [0.5, 0.6) is 0 Å². The predicted molar refractivity (Wildman–Crippen MR) is 180 cm³/mol. The van der Waals surface area contributed by atoms with Gasteiger partial charge in [-0.05, 0) is 172 Å². The van der Waals surface area contributed by atoms with Crippen LogP contribution in [-0.4, -0.2) is 15.8 Å². The summed E-state index contributed by atoms with van der Waals surface area (Å²) >= 11 is 0. The summed E-state index contributed by atoms with van der Waals surface area (Å²) in [6.45, 7) is 39.1. The molecule has 3 aromatic rings. The van der Waals surface area contributed by atoms with Crippen LogP contribution in [0.3, 0.4) is 0 Å². The summed E-state index contributed by atoms with van der Waals surface area (Å²) in [7, 11) is 0. The van der Waals surface area contributed by atoms with Gasteiger partial charge in [-0.3, -0.25) is 9.78 Å². The zero-order chi connectivity index (χ0) is 32.1. The molecular weight excluding hydrogens is 500 g/mol. The zero-order valence-electron chi connectivity index (χ0n) is 29.1. The van der Waals surface area contributed by atoms with Crippen LogP contribution in [0, 0.1) is 83.1 Å². The Morgan fingerprint density at radius 2 is 1.00 bits per heavy atom. The van der Waals surface area contributed by atoms with Gasteiger partial charge in [-0.15, -0.1) is 0 Å². The van der Waals surface area contributed by atoms with Crippen LogP contribution in [-0.2, 0) is 0 Å². The first-order valence-corrected chi connectivity index (χ1v) is 14.5. The summed E-state index contributed by atoms with van der Waals surface area (Å²) in [5, 5.41) is 0. The van der Waals surface area contributed by atoms with E-state index in [1.165, 1.54) is 72.4 Å². The fourth-order valence-corrected chi connectivity index (χ4v) is 4.62. The number of Topliss-reactive ketones (excluding diaryl/α,β-unsaturated/α-hetero) is 1. The fourth-order valence-electron chi connectivity index (χ4n) is 4.62. The number of pyridine rings is 2. The number of hydrogen-bond donors (Lipinski definition) is 0. The topological polar surface area (TPSA) is 42.9 Å². The first kappa shape index (κ1) is 35.7. The van der Waals surface area contributed by atoms with Gasteiger partial charge in [-0.1, -0.05) is 23.3 Å². The largest absolute Gasteiger partial charge is 0.293 e. The Kier molecular flexibility index (Phi) is 12.6. The molecule has 222 valence electrons. The standard InChI is InChI=1S/C19H25N.C11H15NO.C8H14/c1-10-9-18(15(6)12(3)11(10)2)19-16(7)13(4)14(5)17(8)20-19;1-6-7(2)9(4)12-11(8(6)3)10(5)13;1-6(2)8(5)7(3)4/h9H,1-8H3;1-5H3;1H2,2-5H3. The van der Waals surface area contributed by atoms with Crippen molar-refractivity contribution in [3.63, 3.8) is 0 Å². The van der Waals surface area contributed by atoms with E-state index in [0.717, 1.165) is 22.6 Å². The van der Waals surface area contributed by atoms with Gasteiger partial charge in [0, 0.05) is 23.9 Å². The van der Waals surface area contributed by atoms with E-state index in [9.17, 15) is 4.79 Å². The third-order valence-corrected chi connectivity index (χ3v) is 9.06. The second-order valence-corrected chi connectivity index (χ2v) is 11.9. The molecule has 0 aliphatic carbocycles. The van der Waals surface area contributed by atoms with Gasteiger partial charge in [0.2, 0.25) is 0 Å². The van der Waals surface area contributed by atoms with Crippen LogP contribution in [0.4, 0.5) is 0 Å². The zero-order valence-corrected chi connectivity index (χ0v) is 29.1. The number of rotatable bonds is 3. The monoisotopic (exact) mass is 554 g/mol. The molecule has 2 heterocycles. The van der Waals surface area contributed by atoms with Gasteiger partial charge in [-0.25, -0.2) is 4.98 Å². The number of nitrogens with zero attached hydrogens (tertiary/aromatic N) is 2. The van der Waals surface area contributed by atoms with Crippen molar-refractivity contribution in [1.29, 1.82) is 0 Å². The average Bonchev–Trinajstić information content (AvgIpc) is 2.91. The Morgan fingerprint density at radius 3 is 1.41 bits per heavy atom. The summed E-state index contributed by atoms with van der Waals surface area (Å²) in [6.07, 6.45) is 0. The smallest absolute Gasteiger partial charge is 0.178 e. The molecule has 0 radical (unpaired) electrons. The van der Waals surface area contributed by atoms with Gasteiger partial charge in [0.05, 0.1) is 5.69 Å². The molecule has 0 saturated carbocycles. The lowest BCUT2D eigenvalue weighted by Crippen LogP contribution is -2.06. The SMILES string of the molecule is C=C(C)C(C)=C(C)C.CC(=O)c1nc(C)c(C)c(C)c1C.Cc1cc(-c2nc(C)c(C)c(C)c2C)c(C)c(C)c1C. The third kappa shape index (κ3) is 8.35. The molecule has 0 aliphatic rings. The summed E-state index contributed by atoms with van der Waals surface area (Å²) in [6, 6.07) is 2.29. The molecule has 1 aromatic carbocycles. The van der Waals surface area contributed by atoms with Crippen LogP contribution in [0.2, 0.25) is 0 Å². The predicted octanol–water partition coefficient (Wildman–Crippen LogP) is 10.7. The van der Waals surface area contributed by atoms with Crippen molar-refractivity contribution in [2.45, 2.75) is 118 Å². The number of carbonyl (C=O) groups excluding carboxylic acids is 1. The second kappa shape index (κ2) is 14.5. The molecule has 0 spiro atoms. The lowest BCUT2D eigenvalue weighted by atomic mass is 9.90. The van der Waals surface area contributed by atoms with E-state index in [1.54, 1.807) is 6.92 Å². The highest BCUT2D eigenvalue weighted by Gasteiger charge is 2.15. The average molecular weight is 555 g/mol. The minimum absolute atomic E-state index is 0.0451. The van der Waals surface area contributed by atoms with Crippen LogP contribution in [0.25, 0.3) is 11.3 Å². The minimum atomic E-state index is 0.0451. The molecule has 0 atom stereocenters. The van der Waals surface area contributed by atoms with Crippen molar-refractivity contribution in [2.24, 2.45) is 0 Å². The van der Waals surface area contributed by atoms with Crippen LogP contribution < -0.4 is 0 Å². The Bertz CT molecular complexity index is 1450. The Labute approximate surface area is 251 Å². The van der Waals surface area contributed by atoms with Crippen LogP contribution in [0.15, 0.2) is 29.4 Å². The first-order chi connectivity index (χ1) is 18.8. The molecule has 3 nitrogen and oxygen atoms in total. The molecule has 0 N–H and O–H groups in total. The van der Waals surface area contributed by atoms with Crippen molar-refractivity contribution in [2.75, 3.05) is 0 Å². The highest BCUT2D eigenvalue weighted by molar-refractivity contribution is 5.94. The number of benzene rings is 1. The second-order valence-electron chi connectivity index (χ2n) is 11.9. The molecular formula is C38H54N2O. The number of allylic oxidation sites excluding steroid dienone is 3. The normalized spacial score (nSPS) is 10.3. The minimum Gasteiger partial charge on any atom is -0.293 e. The lowest BCUT2D eigenvalue weighted by molar-refractivity contribution is 0.101. The molecule has 0 unspecified atom stereocenters. The summed E-state index contributed by atoms with van der Waals surface area (Å²) < 4.78 is 0. The van der Waals surface area contributed by atoms with E-state index in [1.807, 2.05) is 34.6 Å². The number of ketones is 1. The highest BCUT2D eigenvalue weighted by Crippen LogP contribution is 2.33. The number of carbonyl (C=O) groups is 1. The van der Waals surface area contributed by atoms with Gasteiger partial charge in [-0.2, -0.15) is 0 Å². The van der Waals surface area contributed by atoms with Crippen molar-refractivity contribution in [1.82, 2.24) is 9.97 Å². The first-order valence-electron chi connectivity index (χ1n) is 14.5. The van der Waals surface area contributed by atoms with Crippen molar-refractivity contribution in [3.05, 3.63) is 102 Å². The van der Waals surface area contributed by atoms with E-state index in [-0.39, 0.29) is 5.78 Å². The van der Waals surface area contributed by atoms with Crippen molar-refractivity contribution in [3.8, 4) is 11.3 Å². The van der Waals surface area contributed by atoms with Gasteiger partial charge < -0.3 is 0 Å². The van der Waals surface area contributed by atoms with Crippen molar-refractivity contribution < 1.29 is 4.79 Å². The van der Waals surface area contributed by atoms with Crippen LogP contribution >= 0.6 is 0 Å². The maximum absolute atomic E-state index is 11.2. The van der Waals surface area contributed by atoms with Crippen molar-refractivity contribution >= 4 is 5.78 Å². The molecule has 3 rings (SSSR count). The fraction of sp³-hybridized carbons (Fsp3) is 0.447. The maximum Gasteiger partial charge on any atom is 0.178 e. The van der Waals surface area contributed by atoms with E-state index in [4.69, 9.17) is 4.98 Å². The number of aryl methyl sites for hydroxylation is 3. The van der Waals surface area contributed by atoms with Gasteiger partial charge >= 0.3 is 0 Å². The van der Waals surface area contributed by atoms with E-state index >= 15 is 0 Å². The van der Waals surface area contributed by atoms with E-state index in [0.29, 0.717) is 5.69 Å². The van der Waals surface area contributed by atoms with Gasteiger partial charge in [0.1, 0.15) is 5.69 Å². The van der Waals surface area contributed by atoms with Crippen LogP contribution in [0.1, 0.15) is 112 Å².